The number of quaternary nitrogens is 1. The summed E-state index contributed by atoms with van der Waals surface area (Å²) in [6.07, 6.45) is 70.5. The van der Waals surface area contributed by atoms with Gasteiger partial charge in [0.2, 0.25) is 0 Å². The third kappa shape index (κ3) is 51.2. The van der Waals surface area contributed by atoms with Gasteiger partial charge in [0.15, 0.2) is 0 Å². The lowest BCUT2D eigenvalue weighted by atomic mass is 10.1. The van der Waals surface area contributed by atoms with Gasteiger partial charge in [-0.2, -0.15) is 0 Å². The monoisotopic (exact) mass is 921 g/mol. The second kappa shape index (κ2) is 46.9. The van der Waals surface area contributed by atoms with Gasteiger partial charge in [-0.25, -0.2) is 4.57 Å². The summed E-state index contributed by atoms with van der Waals surface area (Å²) in [6.45, 7) is 5.19. The second-order valence-electron chi connectivity index (χ2n) is 16.7. The first-order chi connectivity index (χ1) is 31.6. The van der Waals surface area contributed by atoms with E-state index in [0.29, 0.717) is 24.1 Å². The van der Waals surface area contributed by atoms with Crippen molar-refractivity contribution in [3.8, 4) is 0 Å². The first kappa shape index (κ1) is 61.4. The van der Waals surface area contributed by atoms with Crippen molar-refractivity contribution in [2.45, 2.75) is 148 Å². The van der Waals surface area contributed by atoms with E-state index in [1.807, 2.05) is 33.3 Å². The van der Waals surface area contributed by atoms with Crippen LogP contribution < -0.4 is 0 Å². The van der Waals surface area contributed by atoms with Crippen molar-refractivity contribution in [1.29, 1.82) is 0 Å². The van der Waals surface area contributed by atoms with Crippen LogP contribution in [0.5, 0.6) is 0 Å². The molecule has 366 valence electrons. The molecule has 2 atom stereocenters. The fourth-order valence-electron chi connectivity index (χ4n) is 5.70. The van der Waals surface area contributed by atoms with E-state index in [0.717, 1.165) is 116 Å². The average molecular weight is 921 g/mol. The Bertz CT molecular complexity index is 1540. The molecule has 0 aromatic carbocycles. The third-order valence-electron chi connectivity index (χ3n) is 9.41. The maximum Gasteiger partial charge on any atom is 0.472 e. The number of phosphoric acid groups is 1. The number of esters is 1. The van der Waals surface area contributed by atoms with Gasteiger partial charge in [-0.15, -0.1) is 0 Å². The van der Waals surface area contributed by atoms with Crippen molar-refractivity contribution in [2.75, 3.05) is 54.1 Å². The minimum Gasteiger partial charge on any atom is -0.457 e. The van der Waals surface area contributed by atoms with Gasteiger partial charge in [0.25, 0.3) is 0 Å². The molecule has 2 unspecified atom stereocenters. The Kier molecular flexibility index (Phi) is 44.3. The summed E-state index contributed by atoms with van der Waals surface area (Å²) >= 11 is 0. The molecule has 0 amide bonds. The number of hydrogen-bond donors (Lipinski definition) is 1. The van der Waals surface area contributed by atoms with Crippen LogP contribution in [0.4, 0.5) is 0 Å². The highest BCUT2D eigenvalue weighted by Crippen LogP contribution is 2.43. The number of allylic oxidation sites excluding steroid dienone is 24. The second-order valence-corrected chi connectivity index (χ2v) is 18.2. The summed E-state index contributed by atoms with van der Waals surface area (Å²) in [5.41, 5.74) is 0. The highest BCUT2D eigenvalue weighted by Gasteiger charge is 2.26. The molecule has 0 radical (unpaired) electrons. The molecule has 0 bridgehead atoms. The standard InChI is InChI=1S/C56H90NO7P/c1-6-8-10-12-14-16-18-20-22-24-26-27-28-29-30-32-34-36-38-40-42-44-46-48-51-61-53-55(54-63-65(59,60)62-52-50-57(3,4)5)64-56(58)49-47-45-43-41-39-37-35-33-31-25-23-21-19-17-15-13-11-9-7-2/h8-11,14-17,20-23,26-27,29-31,33-34,36-37,39,43,45,55H,6-7,12-13,18-19,24-25,28,32,35,38,40-42,44,46-54H2,1-5H3/p+1/b10-8-,11-9-,16-14-,17-15-,22-20-,23-21-,27-26-,30-29-,33-31-,36-34-,39-37-,45-43-. The summed E-state index contributed by atoms with van der Waals surface area (Å²) in [4.78, 5) is 22.9. The predicted octanol–water partition coefficient (Wildman–Crippen LogP) is 15.3. The molecule has 0 fully saturated rings. The Labute approximate surface area is 397 Å². The van der Waals surface area contributed by atoms with Crippen molar-refractivity contribution in [3.63, 3.8) is 0 Å². The Morgan fingerprint density at radius 2 is 0.846 bits per heavy atom. The smallest absolute Gasteiger partial charge is 0.457 e. The average Bonchev–Trinajstić information content (AvgIpc) is 3.27. The molecule has 9 heteroatoms. The first-order valence-electron chi connectivity index (χ1n) is 24.6. The van der Waals surface area contributed by atoms with Gasteiger partial charge in [0, 0.05) is 13.0 Å². The zero-order valence-electron chi connectivity index (χ0n) is 41.4. The summed E-state index contributed by atoms with van der Waals surface area (Å²) in [7, 11) is 1.58. The summed E-state index contributed by atoms with van der Waals surface area (Å²) in [5.74, 6) is -0.410. The fourth-order valence-corrected chi connectivity index (χ4v) is 6.44. The molecular formula is C56H91NO7P+. The zero-order chi connectivity index (χ0) is 47.6. The number of unbranched alkanes of at least 4 members (excludes halogenated alkanes) is 5. The number of likely N-dealkylation sites (N-methyl/N-ethyl adjacent to an activating group) is 1. The number of rotatable bonds is 43. The van der Waals surface area contributed by atoms with Crippen LogP contribution in [0.15, 0.2) is 146 Å². The number of carbonyl (C=O) groups excluding carboxylic acids is 1. The van der Waals surface area contributed by atoms with Crippen molar-refractivity contribution in [2.24, 2.45) is 0 Å². The van der Waals surface area contributed by atoms with E-state index in [9.17, 15) is 14.3 Å². The summed E-state index contributed by atoms with van der Waals surface area (Å²) in [6, 6.07) is 0. The lowest BCUT2D eigenvalue weighted by Gasteiger charge is -2.24. The van der Waals surface area contributed by atoms with E-state index >= 15 is 0 Å². The van der Waals surface area contributed by atoms with Crippen LogP contribution in [-0.2, 0) is 27.9 Å². The molecule has 0 aromatic heterocycles. The van der Waals surface area contributed by atoms with Gasteiger partial charge < -0.3 is 18.9 Å². The Hall–Kier alpha value is -3.62. The van der Waals surface area contributed by atoms with Crippen LogP contribution in [0.1, 0.15) is 142 Å². The van der Waals surface area contributed by atoms with Crippen LogP contribution in [0, 0.1) is 0 Å². The molecule has 0 saturated carbocycles. The van der Waals surface area contributed by atoms with E-state index in [-0.39, 0.29) is 26.2 Å². The predicted molar refractivity (Wildman–Crippen MR) is 279 cm³/mol. The van der Waals surface area contributed by atoms with Gasteiger partial charge in [0.05, 0.1) is 34.4 Å². The summed E-state index contributed by atoms with van der Waals surface area (Å²) < 4.78 is 35.0. The van der Waals surface area contributed by atoms with Crippen LogP contribution in [0.3, 0.4) is 0 Å². The maximum atomic E-state index is 12.7. The maximum absolute atomic E-state index is 12.7. The zero-order valence-corrected chi connectivity index (χ0v) is 42.3. The Morgan fingerprint density at radius 1 is 0.477 bits per heavy atom. The lowest BCUT2D eigenvalue weighted by Crippen LogP contribution is -2.37. The van der Waals surface area contributed by atoms with E-state index in [2.05, 4.69) is 148 Å². The molecule has 0 aromatic rings. The fraction of sp³-hybridized carbons (Fsp3) is 0.554. The quantitative estimate of drug-likeness (QED) is 0.0214. The van der Waals surface area contributed by atoms with Gasteiger partial charge in [0.1, 0.15) is 19.3 Å². The van der Waals surface area contributed by atoms with Gasteiger partial charge in [-0.1, -0.05) is 179 Å². The highest BCUT2D eigenvalue weighted by atomic mass is 31.2. The molecule has 0 aliphatic rings. The molecule has 0 heterocycles. The number of hydrogen-bond acceptors (Lipinski definition) is 6. The number of nitrogens with zero attached hydrogens (tertiary/aromatic N) is 1. The SMILES string of the molecule is CC/C=C\C/C=C\C/C=C\C/C=C\C/C=C\C/C=C\CCCCCCCOCC(COP(=O)(O)OCC[N+](C)(C)C)OC(=O)CC/C=C\C/C=C\C/C=C\C/C=C\C/C=C\C/C=C\CC. The number of ether oxygens (including phenoxy) is 2. The molecule has 8 nitrogen and oxygen atoms in total. The molecule has 0 aliphatic heterocycles. The van der Waals surface area contributed by atoms with Crippen LogP contribution >= 0.6 is 7.82 Å². The van der Waals surface area contributed by atoms with Crippen molar-refractivity contribution < 1.29 is 37.3 Å². The van der Waals surface area contributed by atoms with Crippen LogP contribution in [0.25, 0.3) is 0 Å². The first-order valence-corrected chi connectivity index (χ1v) is 26.1. The number of carbonyl (C=O) groups is 1. The third-order valence-corrected chi connectivity index (χ3v) is 10.4. The molecule has 0 aliphatic carbocycles. The Morgan fingerprint density at radius 3 is 1.26 bits per heavy atom. The lowest BCUT2D eigenvalue weighted by molar-refractivity contribution is -0.870. The van der Waals surface area contributed by atoms with Crippen molar-refractivity contribution >= 4 is 13.8 Å². The van der Waals surface area contributed by atoms with Crippen molar-refractivity contribution in [1.82, 2.24) is 0 Å². The van der Waals surface area contributed by atoms with E-state index < -0.39 is 19.9 Å². The minimum atomic E-state index is -4.32. The molecule has 65 heavy (non-hydrogen) atoms. The molecule has 0 saturated heterocycles. The summed E-state index contributed by atoms with van der Waals surface area (Å²) in [5, 5.41) is 0. The molecule has 0 spiro atoms. The molecular weight excluding hydrogens is 830 g/mol. The van der Waals surface area contributed by atoms with Gasteiger partial charge >= 0.3 is 13.8 Å². The number of phosphoric ester groups is 1. The van der Waals surface area contributed by atoms with Crippen LogP contribution in [-0.4, -0.2) is 75.6 Å². The molecule has 0 rings (SSSR count). The largest absolute Gasteiger partial charge is 0.472 e. The highest BCUT2D eigenvalue weighted by molar-refractivity contribution is 7.47. The molecule has 1 N–H and O–H groups in total. The van der Waals surface area contributed by atoms with E-state index in [1.165, 1.54) is 0 Å². The van der Waals surface area contributed by atoms with Crippen LogP contribution in [0.2, 0.25) is 0 Å². The normalized spacial score (nSPS) is 14.9. The van der Waals surface area contributed by atoms with Crippen molar-refractivity contribution in [3.05, 3.63) is 146 Å². The Balaban J connectivity index is 4.37. The van der Waals surface area contributed by atoms with E-state index in [1.54, 1.807) is 0 Å². The van der Waals surface area contributed by atoms with Gasteiger partial charge in [-0.3, -0.25) is 13.8 Å². The van der Waals surface area contributed by atoms with E-state index in [4.69, 9.17) is 18.5 Å². The topological polar surface area (TPSA) is 91.3 Å². The minimum absolute atomic E-state index is 0.0611. The van der Waals surface area contributed by atoms with Gasteiger partial charge in [-0.05, 0) is 103 Å².